The van der Waals surface area contributed by atoms with Crippen molar-refractivity contribution < 1.29 is 18.0 Å². The van der Waals surface area contributed by atoms with Gasteiger partial charge in [0.05, 0.1) is 10.6 Å². The van der Waals surface area contributed by atoms with Crippen LogP contribution in [0.15, 0.2) is 95.9 Å². The first kappa shape index (κ1) is 36.7. The van der Waals surface area contributed by atoms with Crippen LogP contribution in [-0.4, -0.2) is 43.8 Å². The van der Waals surface area contributed by atoms with Crippen LogP contribution < -0.4 is 9.62 Å². The molecule has 5 rings (SSSR count). The second kappa shape index (κ2) is 16.4. The summed E-state index contributed by atoms with van der Waals surface area (Å²) in [6, 6.07) is 24.7. The van der Waals surface area contributed by atoms with Crippen LogP contribution in [0.2, 0.25) is 15.1 Å². The Hall–Kier alpha value is -3.56. The summed E-state index contributed by atoms with van der Waals surface area (Å²) in [6.07, 6.45) is 5.04. The molecule has 7 nitrogen and oxygen atoms in total. The van der Waals surface area contributed by atoms with Gasteiger partial charge in [-0.3, -0.25) is 13.9 Å². The van der Waals surface area contributed by atoms with Crippen LogP contribution in [0.5, 0.6) is 0 Å². The van der Waals surface area contributed by atoms with Gasteiger partial charge >= 0.3 is 0 Å². The molecule has 0 spiro atoms. The van der Waals surface area contributed by atoms with Crippen molar-refractivity contribution >= 4 is 62.3 Å². The zero-order valence-electron chi connectivity index (χ0n) is 27.5. The maximum Gasteiger partial charge on any atom is 0.264 e. The van der Waals surface area contributed by atoms with Crippen molar-refractivity contribution in [2.24, 2.45) is 0 Å². The van der Waals surface area contributed by atoms with E-state index < -0.39 is 28.5 Å². The lowest BCUT2D eigenvalue weighted by Crippen LogP contribution is -2.55. The van der Waals surface area contributed by atoms with E-state index >= 15 is 0 Å². The molecule has 2 amide bonds. The number of carbonyl (C=O) groups is 2. The quantitative estimate of drug-likeness (QED) is 0.158. The molecule has 0 aromatic heterocycles. The Morgan fingerprint density at radius 1 is 0.837 bits per heavy atom. The molecule has 1 atom stereocenters. The molecule has 0 saturated heterocycles. The highest BCUT2D eigenvalue weighted by atomic mass is 35.5. The van der Waals surface area contributed by atoms with Gasteiger partial charge in [0.2, 0.25) is 11.8 Å². The van der Waals surface area contributed by atoms with E-state index in [4.69, 9.17) is 34.8 Å². The van der Waals surface area contributed by atoms with Gasteiger partial charge in [0.25, 0.3) is 10.0 Å². The molecule has 4 aromatic rings. The normalized spacial score (nSPS) is 14.2. The standard InChI is InChI=1S/C38H40Cl3N3O4S/c1-26-16-19-31(20-17-26)49(47,48)44(35-21-18-29(39)22-27(35)2)25-37(45)43(24-32-33(40)14-9-15-34(32)41)36(23-28-10-5-3-6-11-28)38(46)42-30-12-7-4-8-13-30/h3,5-6,9-11,14-22,30,36H,4,7-8,12-13,23-25H2,1-2H3,(H,42,46)/t36-/m1/s1. The fraction of sp³-hybridized carbons (Fsp3) is 0.316. The third kappa shape index (κ3) is 9.17. The molecule has 258 valence electrons. The third-order valence-electron chi connectivity index (χ3n) is 8.93. The zero-order valence-corrected chi connectivity index (χ0v) is 30.6. The van der Waals surface area contributed by atoms with E-state index in [1.807, 2.05) is 37.3 Å². The molecular formula is C38H40Cl3N3O4S. The van der Waals surface area contributed by atoms with Crippen molar-refractivity contribution in [2.75, 3.05) is 10.8 Å². The molecule has 0 unspecified atom stereocenters. The maximum absolute atomic E-state index is 14.8. The Morgan fingerprint density at radius 2 is 1.49 bits per heavy atom. The van der Waals surface area contributed by atoms with E-state index in [-0.39, 0.29) is 29.8 Å². The molecule has 1 saturated carbocycles. The predicted octanol–water partition coefficient (Wildman–Crippen LogP) is 8.55. The van der Waals surface area contributed by atoms with Gasteiger partial charge in [-0.1, -0.05) is 108 Å². The van der Waals surface area contributed by atoms with Crippen LogP contribution in [0.4, 0.5) is 5.69 Å². The molecule has 0 bridgehead atoms. The average Bonchev–Trinajstić information content (AvgIpc) is 3.07. The Labute approximate surface area is 304 Å². The fourth-order valence-corrected chi connectivity index (χ4v) is 8.42. The Morgan fingerprint density at radius 3 is 2.12 bits per heavy atom. The lowest BCUT2D eigenvalue weighted by Gasteiger charge is -2.35. The van der Waals surface area contributed by atoms with Crippen LogP contribution in [0.1, 0.15) is 54.4 Å². The minimum Gasteiger partial charge on any atom is -0.352 e. The molecule has 49 heavy (non-hydrogen) atoms. The number of sulfonamides is 1. The molecule has 1 fully saturated rings. The van der Waals surface area contributed by atoms with Gasteiger partial charge in [-0.25, -0.2) is 8.42 Å². The van der Waals surface area contributed by atoms with Crippen LogP contribution >= 0.6 is 34.8 Å². The van der Waals surface area contributed by atoms with Gasteiger partial charge in [0, 0.05) is 39.6 Å². The van der Waals surface area contributed by atoms with Crippen molar-refractivity contribution in [3.8, 4) is 0 Å². The molecule has 1 aliphatic rings. The second-order valence-corrected chi connectivity index (χ2v) is 15.6. The third-order valence-corrected chi connectivity index (χ3v) is 11.6. The van der Waals surface area contributed by atoms with E-state index in [0.717, 1.165) is 47.5 Å². The monoisotopic (exact) mass is 739 g/mol. The van der Waals surface area contributed by atoms with Crippen molar-refractivity contribution in [3.63, 3.8) is 0 Å². The summed E-state index contributed by atoms with van der Waals surface area (Å²) in [6.45, 7) is 2.89. The highest BCUT2D eigenvalue weighted by molar-refractivity contribution is 7.92. The van der Waals surface area contributed by atoms with Crippen LogP contribution in [-0.2, 0) is 32.6 Å². The number of anilines is 1. The minimum atomic E-state index is -4.26. The zero-order chi connectivity index (χ0) is 35.1. The number of amides is 2. The first-order valence-electron chi connectivity index (χ1n) is 16.4. The number of halogens is 3. The molecule has 0 aliphatic heterocycles. The molecular weight excluding hydrogens is 701 g/mol. The molecule has 0 radical (unpaired) electrons. The summed E-state index contributed by atoms with van der Waals surface area (Å²) in [5.74, 6) is -0.913. The topological polar surface area (TPSA) is 86.8 Å². The predicted molar refractivity (Wildman–Crippen MR) is 198 cm³/mol. The number of benzene rings is 4. The summed E-state index contributed by atoms with van der Waals surface area (Å²) >= 11 is 19.5. The van der Waals surface area contributed by atoms with E-state index in [1.165, 1.54) is 17.0 Å². The first-order chi connectivity index (χ1) is 23.4. The number of aryl methyl sites for hydroxylation is 2. The summed E-state index contributed by atoms with van der Waals surface area (Å²) in [5.41, 5.74) is 3.04. The molecule has 4 aromatic carbocycles. The number of hydrogen-bond acceptors (Lipinski definition) is 4. The summed E-state index contributed by atoms with van der Waals surface area (Å²) < 4.78 is 29.8. The largest absolute Gasteiger partial charge is 0.352 e. The first-order valence-corrected chi connectivity index (χ1v) is 18.9. The van der Waals surface area contributed by atoms with Gasteiger partial charge in [-0.15, -0.1) is 0 Å². The van der Waals surface area contributed by atoms with Gasteiger partial charge in [0.1, 0.15) is 12.6 Å². The number of nitrogens with one attached hydrogen (secondary N) is 1. The van der Waals surface area contributed by atoms with E-state index in [1.54, 1.807) is 55.5 Å². The Bertz CT molecular complexity index is 1860. The lowest BCUT2D eigenvalue weighted by molar-refractivity contribution is -0.140. The van der Waals surface area contributed by atoms with Gasteiger partial charge in [-0.2, -0.15) is 0 Å². The number of hydrogen-bond donors (Lipinski definition) is 1. The Balaban J connectivity index is 1.61. The highest BCUT2D eigenvalue weighted by Crippen LogP contribution is 2.31. The van der Waals surface area contributed by atoms with Crippen LogP contribution in [0.3, 0.4) is 0 Å². The second-order valence-electron chi connectivity index (χ2n) is 12.5. The molecule has 1 aliphatic carbocycles. The molecule has 0 heterocycles. The summed E-state index contributed by atoms with van der Waals surface area (Å²) in [7, 11) is -4.26. The summed E-state index contributed by atoms with van der Waals surface area (Å²) in [4.78, 5) is 30.6. The highest BCUT2D eigenvalue weighted by Gasteiger charge is 2.36. The van der Waals surface area contributed by atoms with Crippen molar-refractivity contribution in [2.45, 2.75) is 75.9 Å². The minimum absolute atomic E-state index is 0.0180. The smallest absolute Gasteiger partial charge is 0.264 e. The van der Waals surface area contributed by atoms with Gasteiger partial charge in [-0.05, 0) is 80.3 Å². The van der Waals surface area contributed by atoms with E-state index in [0.29, 0.717) is 31.9 Å². The van der Waals surface area contributed by atoms with E-state index in [2.05, 4.69) is 5.32 Å². The number of nitrogens with zero attached hydrogens (tertiary/aromatic N) is 2. The Kier molecular flexibility index (Phi) is 12.3. The van der Waals surface area contributed by atoms with Gasteiger partial charge < -0.3 is 10.2 Å². The van der Waals surface area contributed by atoms with Crippen LogP contribution in [0.25, 0.3) is 0 Å². The van der Waals surface area contributed by atoms with Crippen LogP contribution in [0, 0.1) is 13.8 Å². The fourth-order valence-electron chi connectivity index (χ4n) is 6.20. The number of rotatable bonds is 12. The summed E-state index contributed by atoms with van der Waals surface area (Å²) in [5, 5.41) is 4.29. The lowest BCUT2D eigenvalue weighted by atomic mass is 9.94. The maximum atomic E-state index is 14.8. The van der Waals surface area contributed by atoms with E-state index in [9.17, 15) is 18.0 Å². The van der Waals surface area contributed by atoms with Gasteiger partial charge in [0.15, 0.2) is 0 Å². The SMILES string of the molecule is Cc1ccc(S(=O)(=O)N(CC(=O)N(Cc2c(Cl)cccc2Cl)[C@H](Cc2ccccc2)C(=O)NC2CCCCC2)c2ccc(Cl)cc2C)cc1. The molecule has 11 heteroatoms. The van der Waals surface area contributed by atoms with Crippen molar-refractivity contribution in [3.05, 3.63) is 128 Å². The van der Waals surface area contributed by atoms with Crippen molar-refractivity contribution in [1.29, 1.82) is 0 Å². The molecule has 1 N–H and O–H groups in total. The van der Waals surface area contributed by atoms with Crippen molar-refractivity contribution in [1.82, 2.24) is 10.2 Å². The average molecular weight is 741 g/mol. The number of carbonyl (C=O) groups excluding carboxylic acids is 2.